The van der Waals surface area contributed by atoms with Gasteiger partial charge in [-0.1, -0.05) is 12.1 Å². The average Bonchev–Trinajstić information content (AvgIpc) is 2.77. The lowest BCUT2D eigenvalue weighted by atomic mass is 10.1. The Hall–Kier alpha value is -1.46. The molecule has 1 aromatic heterocycles. The Morgan fingerprint density at radius 3 is 2.53 bits per heavy atom. The van der Waals surface area contributed by atoms with Crippen LogP contribution in [-0.4, -0.2) is 7.05 Å². The second-order valence-electron chi connectivity index (χ2n) is 3.87. The molecule has 2 aromatic rings. The molecule has 0 saturated carbocycles. The summed E-state index contributed by atoms with van der Waals surface area (Å²) in [6.45, 7) is 0.541. The third-order valence-corrected chi connectivity index (χ3v) is 2.49. The minimum Gasteiger partial charge on any atom is -1.00 e. The summed E-state index contributed by atoms with van der Waals surface area (Å²) < 4.78 is 43.2. The standard InChI is InChI=1S/C13H12F3NO.ClH/c1-17-8-11-5-6-12(18-11)9-3-2-4-10(7-9)13(14,15)16;/h2-7,17H,8H2,1H3;1H/p-1. The summed E-state index contributed by atoms with van der Waals surface area (Å²) in [6, 6.07) is 8.51. The molecule has 0 bridgehead atoms. The minimum atomic E-state index is -4.34. The molecular formula is C13H12ClF3NO-. The number of hydrogen-bond donors (Lipinski definition) is 1. The maximum absolute atomic E-state index is 12.6. The molecule has 1 N–H and O–H groups in total. The zero-order valence-corrected chi connectivity index (χ0v) is 10.8. The highest BCUT2D eigenvalue weighted by Gasteiger charge is 2.30. The van der Waals surface area contributed by atoms with Gasteiger partial charge in [-0.05, 0) is 31.3 Å². The molecule has 0 saturated heterocycles. The van der Waals surface area contributed by atoms with Gasteiger partial charge in [-0.3, -0.25) is 0 Å². The molecule has 0 amide bonds. The molecule has 0 radical (unpaired) electrons. The van der Waals surface area contributed by atoms with Gasteiger partial charge in [0.1, 0.15) is 11.5 Å². The van der Waals surface area contributed by atoms with E-state index in [0.717, 1.165) is 12.1 Å². The molecule has 1 heterocycles. The van der Waals surface area contributed by atoms with Crippen LogP contribution >= 0.6 is 0 Å². The van der Waals surface area contributed by atoms with Gasteiger partial charge < -0.3 is 22.1 Å². The van der Waals surface area contributed by atoms with Gasteiger partial charge in [-0.25, -0.2) is 0 Å². The maximum atomic E-state index is 12.6. The van der Waals surface area contributed by atoms with Crippen LogP contribution in [0.5, 0.6) is 0 Å². The van der Waals surface area contributed by atoms with Crippen molar-refractivity contribution in [2.45, 2.75) is 12.7 Å². The van der Waals surface area contributed by atoms with E-state index in [-0.39, 0.29) is 12.4 Å². The molecule has 0 aliphatic rings. The van der Waals surface area contributed by atoms with Crippen molar-refractivity contribution in [2.75, 3.05) is 7.05 Å². The third-order valence-electron chi connectivity index (χ3n) is 2.49. The number of hydrogen-bond acceptors (Lipinski definition) is 2. The Kier molecular flexibility index (Phi) is 5.03. The van der Waals surface area contributed by atoms with Gasteiger partial charge >= 0.3 is 6.18 Å². The fourth-order valence-electron chi connectivity index (χ4n) is 1.65. The van der Waals surface area contributed by atoms with Crippen LogP contribution in [0.3, 0.4) is 0 Å². The fraction of sp³-hybridized carbons (Fsp3) is 0.231. The third kappa shape index (κ3) is 3.75. The first kappa shape index (κ1) is 15.6. The number of furan rings is 1. The fourth-order valence-corrected chi connectivity index (χ4v) is 1.65. The molecule has 0 fully saturated rings. The lowest BCUT2D eigenvalue weighted by Gasteiger charge is -2.07. The van der Waals surface area contributed by atoms with Gasteiger partial charge in [-0.15, -0.1) is 0 Å². The summed E-state index contributed by atoms with van der Waals surface area (Å²) >= 11 is 0. The van der Waals surface area contributed by atoms with Crippen molar-refractivity contribution in [2.24, 2.45) is 0 Å². The van der Waals surface area contributed by atoms with Crippen LogP contribution in [0.2, 0.25) is 0 Å². The van der Waals surface area contributed by atoms with Crippen LogP contribution < -0.4 is 17.7 Å². The number of rotatable bonds is 3. The molecule has 0 unspecified atom stereocenters. The lowest BCUT2D eigenvalue weighted by molar-refractivity contribution is -0.137. The van der Waals surface area contributed by atoms with Gasteiger partial charge in [-0.2, -0.15) is 13.2 Å². The highest BCUT2D eigenvalue weighted by molar-refractivity contribution is 5.58. The van der Waals surface area contributed by atoms with Crippen molar-refractivity contribution in [3.05, 3.63) is 47.7 Å². The smallest absolute Gasteiger partial charge is 0.416 e. The van der Waals surface area contributed by atoms with E-state index in [1.165, 1.54) is 6.07 Å². The van der Waals surface area contributed by atoms with Crippen LogP contribution in [0.4, 0.5) is 13.2 Å². The molecule has 6 heteroatoms. The van der Waals surface area contributed by atoms with Gasteiger partial charge in [0.2, 0.25) is 0 Å². The molecule has 1 aromatic carbocycles. The van der Waals surface area contributed by atoms with E-state index in [2.05, 4.69) is 5.32 Å². The number of halogens is 4. The van der Waals surface area contributed by atoms with Gasteiger partial charge in [0.05, 0.1) is 12.1 Å². The van der Waals surface area contributed by atoms with Gasteiger partial charge in [0.15, 0.2) is 0 Å². The van der Waals surface area contributed by atoms with E-state index < -0.39 is 11.7 Å². The Bertz CT molecular complexity index is 537. The molecule has 2 rings (SSSR count). The lowest BCUT2D eigenvalue weighted by Crippen LogP contribution is -3.00. The predicted molar refractivity (Wildman–Crippen MR) is 61.9 cm³/mol. The molecule has 104 valence electrons. The van der Waals surface area contributed by atoms with Gasteiger partial charge in [0.25, 0.3) is 0 Å². The van der Waals surface area contributed by atoms with Crippen molar-refractivity contribution in [3.63, 3.8) is 0 Å². The van der Waals surface area contributed by atoms with Crippen LogP contribution in [0.15, 0.2) is 40.8 Å². The van der Waals surface area contributed by atoms with E-state index >= 15 is 0 Å². The zero-order valence-electron chi connectivity index (χ0n) is 10.1. The summed E-state index contributed by atoms with van der Waals surface area (Å²) in [5.41, 5.74) is -0.251. The van der Waals surface area contributed by atoms with Crippen molar-refractivity contribution < 1.29 is 30.0 Å². The molecule has 2 nitrogen and oxygen atoms in total. The van der Waals surface area contributed by atoms with E-state index in [1.54, 1.807) is 25.2 Å². The number of benzene rings is 1. The highest BCUT2D eigenvalue weighted by atomic mass is 35.5. The van der Waals surface area contributed by atoms with Crippen molar-refractivity contribution in [1.82, 2.24) is 5.32 Å². The van der Waals surface area contributed by atoms with Crippen molar-refractivity contribution in [3.8, 4) is 11.3 Å². The van der Waals surface area contributed by atoms with E-state index in [9.17, 15) is 13.2 Å². The molecule has 0 spiro atoms. The Labute approximate surface area is 115 Å². The van der Waals surface area contributed by atoms with Crippen LogP contribution in [-0.2, 0) is 12.7 Å². The summed E-state index contributed by atoms with van der Waals surface area (Å²) in [7, 11) is 1.77. The topological polar surface area (TPSA) is 25.2 Å². The SMILES string of the molecule is CNCc1ccc(-c2cccc(C(F)(F)F)c2)o1.[Cl-]. The highest BCUT2D eigenvalue weighted by Crippen LogP contribution is 2.32. The number of alkyl halides is 3. The van der Waals surface area contributed by atoms with Crippen LogP contribution in [0.25, 0.3) is 11.3 Å². The van der Waals surface area contributed by atoms with Crippen molar-refractivity contribution >= 4 is 0 Å². The van der Waals surface area contributed by atoms with Crippen LogP contribution in [0.1, 0.15) is 11.3 Å². The maximum Gasteiger partial charge on any atom is 0.416 e. The Morgan fingerprint density at radius 2 is 1.89 bits per heavy atom. The minimum absolute atomic E-state index is 0. The normalized spacial score (nSPS) is 11.2. The summed E-state index contributed by atoms with van der Waals surface area (Å²) in [4.78, 5) is 0. The Morgan fingerprint density at radius 1 is 1.16 bits per heavy atom. The predicted octanol–water partition coefficient (Wildman–Crippen LogP) is 0.689. The summed E-state index contributed by atoms with van der Waals surface area (Å²) in [6.07, 6.45) is -4.34. The van der Waals surface area contributed by atoms with E-state index in [4.69, 9.17) is 4.42 Å². The molecule has 0 aliphatic carbocycles. The van der Waals surface area contributed by atoms with Crippen LogP contribution in [0, 0.1) is 0 Å². The molecule has 0 atom stereocenters. The van der Waals surface area contributed by atoms with Gasteiger partial charge in [0, 0.05) is 5.56 Å². The first-order valence-corrected chi connectivity index (χ1v) is 5.41. The molecule has 19 heavy (non-hydrogen) atoms. The summed E-state index contributed by atoms with van der Waals surface area (Å²) in [5, 5.41) is 2.91. The quantitative estimate of drug-likeness (QED) is 0.900. The average molecular weight is 291 g/mol. The van der Waals surface area contributed by atoms with Crippen molar-refractivity contribution in [1.29, 1.82) is 0 Å². The number of nitrogens with one attached hydrogen (secondary N) is 1. The second-order valence-corrected chi connectivity index (χ2v) is 3.87. The monoisotopic (exact) mass is 290 g/mol. The zero-order chi connectivity index (χ0) is 13.2. The first-order valence-electron chi connectivity index (χ1n) is 5.41. The van der Waals surface area contributed by atoms with E-state index in [0.29, 0.717) is 23.6 Å². The molecule has 0 aliphatic heterocycles. The molecular weight excluding hydrogens is 279 g/mol. The Balaban J connectivity index is 0.00000180. The van der Waals surface area contributed by atoms with E-state index in [1.807, 2.05) is 0 Å². The summed E-state index contributed by atoms with van der Waals surface area (Å²) in [5.74, 6) is 1.12. The largest absolute Gasteiger partial charge is 1.00 e. The first-order chi connectivity index (χ1) is 8.50. The second kappa shape index (κ2) is 6.12.